The zero-order valence-corrected chi connectivity index (χ0v) is 17.2. The summed E-state index contributed by atoms with van der Waals surface area (Å²) < 4.78 is 7.21. The van der Waals surface area contributed by atoms with Crippen molar-refractivity contribution in [1.29, 1.82) is 0 Å². The van der Waals surface area contributed by atoms with Gasteiger partial charge in [0, 0.05) is 6.07 Å². The molecule has 0 saturated carbocycles. The lowest BCUT2D eigenvalue weighted by Crippen LogP contribution is -2.27. The molecular formula is C23H24N4O3. The molecule has 1 aliphatic rings. The highest BCUT2D eigenvalue weighted by Crippen LogP contribution is 2.32. The van der Waals surface area contributed by atoms with Gasteiger partial charge in [0.1, 0.15) is 5.82 Å². The number of benzene rings is 2. The zero-order chi connectivity index (χ0) is 21.3. The van der Waals surface area contributed by atoms with Crippen molar-refractivity contribution >= 4 is 23.3 Å². The predicted molar refractivity (Wildman–Crippen MR) is 115 cm³/mol. The Hall–Kier alpha value is -3.61. The smallest absolute Gasteiger partial charge is 0.262 e. The summed E-state index contributed by atoms with van der Waals surface area (Å²) in [4.78, 5) is 24.4. The summed E-state index contributed by atoms with van der Waals surface area (Å²) in [5.74, 6) is 0.388. The van der Waals surface area contributed by atoms with Crippen LogP contribution in [0.25, 0.3) is 0 Å². The van der Waals surface area contributed by atoms with E-state index in [4.69, 9.17) is 4.74 Å². The first-order valence-electron chi connectivity index (χ1n) is 9.79. The molecule has 0 spiro atoms. The molecule has 0 saturated heterocycles. The van der Waals surface area contributed by atoms with Crippen molar-refractivity contribution < 1.29 is 14.3 Å². The second-order valence-corrected chi connectivity index (χ2v) is 8.29. The number of nitrogens with one attached hydrogen (secondary N) is 2. The highest BCUT2D eigenvalue weighted by molar-refractivity contribution is 6.08. The number of ether oxygens (including phenoxy) is 1. The van der Waals surface area contributed by atoms with Gasteiger partial charge in [0.25, 0.3) is 11.8 Å². The van der Waals surface area contributed by atoms with Crippen LogP contribution in [-0.4, -0.2) is 28.2 Å². The Bertz CT molecular complexity index is 1090. The summed E-state index contributed by atoms with van der Waals surface area (Å²) in [6.07, 6.45) is 1.65. The topological polar surface area (TPSA) is 85.2 Å². The molecule has 30 heavy (non-hydrogen) atoms. The minimum absolute atomic E-state index is 0.0970. The summed E-state index contributed by atoms with van der Waals surface area (Å²) in [6.45, 7) is 6.97. The summed E-state index contributed by atoms with van der Waals surface area (Å²) in [5.41, 5.74) is 3.30. The first-order valence-corrected chi connectivity index (χ1v) is 9.79. The molecule has 1 aliphatic heterocycles. The normalized spacial score (nSPS) is 13.2. The summed E-state index contributed by atoms with van der Waals surface area (Å²) in [5, 5.41) is 9.94. The van der Waals surface area contributed by atoms with Crippen LogP contribution in [0.3, 0.4) is 0 Å². The van der Waals surface area contributed by atoms with Crippen LogP contribution in [0.4, 0.5) is 11.5 Å². The number of fused-ring (bicyclic) bond motifs is 1. The largest absolute Gasteiger partial charge is 0.481 e. The van der Waals surface area contributed by atoms with Gasteiger partial charge in [0.2, 0.25) is 0 Å². The molecular weight excluding hydrogens is 380 g/mol. The number of carbonyl (C=O) groups is 2. The van der Waals surface area contributed by atoms with Crippen LogP contribution in [0, 0.1) is 0 Å². The number of hydrogen-bond acceptors (Lipinski definition) is 4. The number of amides is 2. The van der Waals surface area contributed by atoms with Gasteiger partial charge in [0.05, 0.1) is 24.0 Å². The first kappa shape index (κ1) is 19.7. The van der Waals surface area contributed by atoms with Crippen molar-refractivity contribution in [3.05, 3.63) is 71.4 Å². The Morgan fingerprint density at radius 2 is 1.93 bits per heavy atom. The molecule has 7 nitrogen and oxygen atoms in total. The molecule has 2 N–H and O–H groups in total. The van der Waals surface area contributed by atoms with E-state index in [1.807, 2.05) is 0 Å². The fourth-order valence-corrected chi connectivity index (χ4v) is 3.33. The highest BCUT2D eigenvalue weighted by atomic mass is 16.5. The Morgan fingerprint density at radius 3 is 2.67 bits per heavy atom. The molecule has 2 heterocycles. The second kappa shape index (κ2) is 7.67. The Labute approximate surface area is 175 Å². The van der Waals surface area contributed by atoms with Crippen LogP contribution in [0.5, 0.6) is 5.75 Å². The molecule has 2 amide bonds. The van der Waals surface area contributed by atoms with E-state index in [-0.39, 0.29) is 23.8 Å². The van der Waals surface area contributed by atoms with Gasteiger partial charge in [-0.2, -0.15) is 5.10 Å². The van der Waals surface area contributed by atoms with Crippen molar-refractivity contribution in [3.8, 4) is 5.75 Å². The number of rotatable bonds is 4. The molecule has 2 aromatic carbocycles. The van der Waals surface area contributed by atoms with Gasteiger partial charge in [-0.3, -0.25) is 9.59 Å². The third-order valence-electron chi connectivity index (χ3n) is 4.99. The average Bonchev–Trinajstić information content (AvgIpc) is 3.13. The number of aromatic nitrogens is 2. The third-order valence-corrected chi connectivity index (χ3v) is 4.99. The van der Waals surface area contributed by atoms with Crippen molar-refractivity contribution in [2.45, 2.75) is 32.7 Å². The number of carbonyl (C=O) groups excluding carboxylic acids is 2. The maximum atomic E-state index is 12.9. The maximum Gasteiger partial charge on any atom is 0.262 e. The van der Waals surface area contributed by atoms with Crippen molar-refractivity contribution in [2.75, 3.05) is 17.2 Å². The molecule has 0 bridgehead atoms. The van der Waals surface area contributed by atoms with Gasteiger partial charge in [-0.15, -0.1) is 0 Å². The van der Waals surface area contributed by atoms with Crippen LogP contribution < -0.4 is 15.4 Å². The summed E-state index contributed by atoms with van der Waals surface area (Å²) in [7, 11) is 0. The molecule has 154 valence electrons. The molecule has 0 aliphatic carbocycles. The minimum Gasteiger partial charge on any atom is -0.481 e. The van der Waals surface area contributed by atoms with Gasteiger partial charge in [-0.25, -0.2) is 4.68 Å². The Kier molecular flexibility index (Phi) is 5.03. The second-order valence-electron chi connectivity index (χ2n) is 8.29. The lowest BCUT2D eigenvalue weighted by Gasteiger charge is -2.20. The highest BCUT2D eigenvalue weighted by Gasteiger charge is 2.23. The summed E-state index contributed by atoms with van der Waals surface area (Å²) >= 11 is 0. The first-order chi connectivity index (χ1) is 14.3. The van der Waals surface area contributed by atoms with Crippen LogP contribution in [-0.2, 0) is 16.8 Å². The van der Waals surface area contributed by atoms with Crippen molar-refractivity contribution in [2.24, 2.45) is 0 Å². The quantitative estimate of drug-likeness (QED) is 0.692. The molecule has 7 heteroatoms. The predicted octanol–water partition coefficient (Wildman–Crippen LogP) is 3.81. The molecule has 4 rings (SSSR count). The van der Waals surface area contributed by atoms with E-state index in [1.165, 1.54) is 5.56 Å². The Morgan fingerprint density at radius 1 is 1.17 bits per heavy atom. The number of anilines is 2. The number of hydrogen-bond donors (Lipinski definition) is 2. The van der Waals surface area contributed by atoms with Crippen LogP contribution >= 0.6 is 0 Å². The van der Waals surface area contributed by atoms with E-state index >= 15 is 0 Å². The van der Waals surface area contributed by atoms with Gasteiger partial charge in [0.15, 0.2) is 12.4 Å². The number of para-hydroxylation sites is 1. The van der Waals surface area contributed by atoms with E-state index < -0.39 is 0 Å². The van der Waals surface area contributed by atoms with Gasteiger partial charge >= 0.3 is 0 Å². The average molecular weight is 404 g/mol. The van der Waals surface area contributed by atoms with Crippen LogP contribution in [0.15, 0.2) is 54.7 Å². The standard InChI is InChI=1S/C23H24N4O3/c1-23(2,3)16-9-7-15(8-10-16)13-27-19(11-12-24-27)26-22(29)17-5-4-6-18-21(17)30-14-20(28)25-18/h4-12H,13-14H2,1-3H3,(H,25,28)(H,26,29). The monoisotopic (exact) mass is 404 g/mol. The van der Waals surface area contributed by atoms with Crippen LogP contribution in [0.1, 0.15) is 42.3 Å². The lowest BCUT2D eigenvalue weighted by molar-refractivity contribution is -0.118. The fourth-order valence-electron chi connectivity index (χ4n) is 3.33. The number of nitrogens with zero attached hydrogens (tertiary/aromatic N) is 2. The zero-order valence-electron chi connectivity index (χ0n) is 17.2. The van der Waals surface area contributed by atoms with E-state index in [1.54, 1.807) is 35.1 Å². The SMILES string of the molecule is CC(C)(C)c1ccc(Cn2nccc2NC(=O)c2cccc3c2OCC(=O)N3)cc1. The van der Waals surface area contributed by atoms with E-state index in [2.05, 4.69) is 60.8 Å². The molecule has 0 atom stereocenters. The van der Waals surface area contributed by atoms with E-state index in [0.717, 1.165) is 5.56 Å². The molecule has 0 radical (unpaired) electrons. The van der Waals surface area contributed by atoms with E-state index in [9.17, 15) is 9.59 Å². The van der Waals surface area contributed by atoms with E-state index in [0.29, 0.717) is 29.4 Å². The molecule has 1 aromatic heterocycles. The Balaban J connectivity index is 1.51. The van der Waals surface area contributed by atoms with Crippen LogP contribution in [0.2, 0.25) is 0 Å². The minimum atomic E-state index is -0.326. The lowest BCUT2D eigenvalue weighted by atomic mass is 9.87. The molecule has 3 aromatic rings. The maximum absolute atomic E-state index is 12.9. The van der Waals surface area contributed by atoms with Crippen molar-refractivity contribution in [3.63, 3.8) is 0 Å². The fraction of sp³-hybridized carbons (Fsp3) is 0.261. The van der Waals surface area contributed by atoms with Gasteiger partial charge < -0.3 is 15.4 Å². The van der Waals surface area contributed by atoms with Crippen molar-refractivity contribution in [1.82, 2.24) is 9.78 Å². The summed E-state index contributed by atoms with van der Waals surface area (Å²) in [6, 6.07) is 15.2. The molecule has 0 fully saturated rings. The van der Waals surface area contributed by atoms with Gasteiger partial charge in [-0.1, -0.05) is 51.1 Å². The third kappa shape index (κ3) is 4.05. The molecule has 0 unspecified atom stereocenters. The van der Waals surface area contributed by atoms with Gasteiger partial charge in [-0.05, 0) is 28.7 Å².